The molecule has 0 unspecified atom stereocenters. The van der Waals surface area contributed by atoms with Crippen molar-refractivity contribution in [3.63, 3.8) is 0 Å². The molecule has 0 atom stereocenters. The van der Waals surface area contributed by atoms with Crippen LogP contribution in [0.1, 0.15) is 5.69 Å². The van der Waals surface area contributed by atoms with Crippen LogP contribution < -0.4 is 5.32 Å². The fraction of sp³-hybridized carbons (Fsp3) is 0.125. The average Bonchev–Trinajstić information content (AvgIpc) is 2.65. The number of hydrogen-bond acceptors (Lipinski definition) is 4. The maximum absolute atomic E-state index is 4.23. The van der Waals surface area contributed by atoms with Gasteiger partial charge in [0.25, 0.3) is 0 Å². The maximum atomic E-state index is 4.23. The molecule has 64 valence electrons. The lowest BCUT2D eigenvalue weighted by atomic mass is 10.2. The van der Waals surface area contributed by atoms with Crippen LogP contribution in [-0.2, 0) is 6.54 Å². The zero-order valence-corrected chi connectivity index (χ0v) is 6.78. The van der Waals surface area contributed by atoms with Crippen LogP contribution in [0.3, 0.4) is 0 Å². The number of nitrogens with zero attached hydrogens (tertiary/aromatic N) is 3. The summed E-state index contributed by atoms with van der Waals surface area (Å²) in [5.41, 5.74) is 2.79. The Kier molecular flexibility index (Phi) is 1.16. The molecule has 5 heteroatoms. The monoisotopic (exact) mass is 173 g/mol. The van der Waals surface area contributed by atoms with Crippen LogP contribution in [0.5, 0.6) is 0 Å². The molecule has 2 aromatic heterocycles. The molecule has 0 saturated heterocycles. The summed E-state index contributed by atoms with van der Waals surface area (Å²) in [5.74, 6) is 0.808. The lowest BCUT2D eigenvalue weighted by Crippen LogP contribution is -2.10. The van der Waals surface area contributed by atoms with Gasteiger partial charge in [0.2, 0.25) is 0 Å². The molecular weight excluding hydrogens is 166 g/mol. The van der Waals surface area contributed by atoms with Crippen LogP contribution >= 0.6 is 0 Å². The van der Waals surface area contributed by atoms with Crippen LogP contribution in [-0.4, -0.2) is 19.9 Å². The maximum Gasteiger partial charge on any atom is 0.154 e. The van der Waals surface area contributed by atoms with Gasteiger partial charge in [0.1, 0.15) is 11.4 Å². The van der Waals surface area contributed by atoms with Crippen molar-refractivity contribution in [1.29, 1.82) is 0 Å². The fourth-order valence-corrected chi connectivity index (χ4v) is 1.47. The van der Waals surface area contributed by atoms with E-state index >= 15 is 0 Å². The van der Waals surface area contributed by atoms with Crippen LogP contribution in [0, 0.1) is 0 Å². The standard InChI is InChI=1S/C8H7N5/c1-2-10-8-7(9-1)6-5(3-11-8)12-4-13-6/h1-2,4H,3H2,(H,10,11)(H,12,13). The van der Waals surface area contributed by atoms with Gasteiger partial charge in [-0.15, -0.1) is 0 Å². The summed E-state index contributed by atoms with van der Waals surface area (Å²) < 4.78 is 0. The summed E-state index contributed by atoms with van der Waals surface area (Å²) in [7, 11) is 0. The zero-order chi connectivity index (χ0) is 8.67. The minimum Gasteiger partial charge on any atom is -0.363 e. The largest absolute Gasteiger partial charge is 0.363 e. The van der Waals surface area contributed by atoms with E-state index in [0.717, 1.165) is 29.4 Å². The summed E-state index contributed by atoms with van der Waals surface area (Å²) in [6, 6.07) is 0. The molecule has 0 spiro atoms. The highest BCUT2D eigenvalue weighted by atomic mass is 15.1. The number of nitrogens with one attached hydrogen (secondary N) is 2. The molecule has 1 aliphatic heterocycles. The second-order valence-electron chi connectivity index (χ2n) is 2.84. The Morgan fingerprint density at radius 1 is 1.08 bits per heavy atom. The second kappa shape index (κ2) is 2.29. The van der Waals surface area contributed by atoms with Crippen LogP contribution in [0.15, 0.2) is 18.7 Å². The van der Waals surface area contributed by atoms with Crippen molar-refractivity contribution in [3.05, 3.63) is 24.4 Å². The predicted molar refractivity (Wildman–Crippen MR) is 46.9 cm³/mol. The van der Waals surface area contributed by atoms with Gasteiger partial charge in [0.15, 0.2) is 5.82 Å². The summed E-state index contributed by atoms with van der Waals surface area (Å²) >= 11 is 0. The molecule has 0 saturated carbocycles. The molecule has 5 nitrogen and oxygen atoms in total. The summed E-state index contributed by atoms with van der Waals surface area (Å²) in [6.07, 6.45) is 5.02. The van der Waals surface area contributed by atoms with Gasteiger partial charge >= 0.3 is 0 Å². The number of aromatic nitrogens is 4. The molecule has 0 aliphatic carbocycles. The summed E-state index contributed by atoms with van der Waals surface area (Å²) in [6.45, 7) is 0.737. The van der Waals surface area contributed by atoms with Crippen molar-refractivity contribution in [2.45, 2.75) is 6.54 Å². The molecule has 3 rings (SSSR count). The van der Waals surface area contributed by atoms with Crippen molar-refractivity contribution in [3.8, 4) is 11.4 Å². The first-order chi connectivity index (χ1) is 6.45. The Hall–Kier alpha value is -1.91. The topological polar surface area (TPSA) is 66.5 Å². The van der Waals surface area contributed by atoms with E-state index in [9.17, 15) is 0 Å². The Balaban J connectivity index is 2.30. The Morgan fingerprint density at radius 2 is 2.00 bits per heavy atom. The highest BCUT2D eigenvalue weighted by Crippen LogP contribution is 2.28. The first kappa shape index (κ1) is 6.59. The van der Waals surface area contributed by atoms with Gasteiger partial charge in [-0.1, -0.05) is 0 Å². The van der Waals surface area contributed by atoms with E-state index in [1.165, 1.54) is 0 Å². The number of hydrogen-bond donors (Lipinski definition) is 2. The highest BCUT2D eigenvalue weighted by Gasteiger charge is 2.19. The first-order valence-electron chi connectivity index (χ1n) is 4.02. The number of fused-ring (bicyclic) bond motifs is 3. The van der Waals surface area contributed by atoms with Crippen molar-refractivity contribution in [2.75, 3.05) is 5.32 Å². The minimum absolute atomic E-state index is 0.737. The van der Waals surface area contributed by atoms with E-state index in [2.05, 4.69) is 25.3 Å². The van der Waals surface area contributed by atoms with Gasteiger partial charge in [-0.3, -0.25) is 0 Å². The number of aromatic amines is 1. The molecule has 0 aromatic carbocycles. The molecule has 13 heavy (non-hydrogen) atoms. The highest BCUT2D eigenvalue weighted by molar-refractivity contribution is 5.72. The van der Waals surface area contributed by atoms with Crippen molar-refractivity contribution in [2.24, 2.45) is 0 Å². The Labute approximate surface area is 74.3 Å². The van der Waals surface area contributed by atoms with Crippen molar-refractivity contribution in [1.82, 2.24) is 19.9 Å². The molecule has 2 aromatic rings. The zero-order valence-electron chi connectivity index (χ0n) is 6.78. The van der Waals surface area contributed by atoms with Crippen LogP contribution in [0.2, 0.25) is 0 Å². The third-order valence-corrected chi connectivity index (χ3v) is 2.07. The Morgan fingerprint density at radius 3 is 3.00 bits per heavy atom. The SMILES string of the molecule is c1cnc2c(n1)NCc1[nH]cnc1-2. The van der Waals surface area contributed by atoms with Crippen molar-refractivity contribution < 1.29 is 0 Å². The van der Waals surface area contributed by atoms with Gasteiger partial charge in [-0.05, 0) is 0 Å². The van der Waals surface area contributed by atoms with E-state index < -0.39 is 0 Å². The molecule has 0 bridgehead atoms. The van der Waals surface area contributed by atoms with Gasteiger partial charge in [0.05, 0.1) is 18.6 Å². The van der Waals surface area contributed by atoms with Crippen LogP contribution in [0.25, 0.3) is 11.4 Å². The number of H-pyrrole nitrogens is 1. The molecule has 0 amide bonds. The smallest absolute Gasteiger partial charge is 0.154 e. The normalized spacial score (nSPS) is 12.9. The van der Waals surface area contributed by atoms with Gasteiger partial charge in [-0.25, -0.2) is 15.0 Å². The van der Waals surface area contributed by atoms with Gasteiger partial charge in [-0.2, -0.15) is 0 Å². The average molecular weight is 173 g/mol. The van der Waals surface area contributed by atoms with Gasteiger partial charge < -0.3 is 10.3 Å². The lowest BCUT2D eigenvalue weighted by molar-refractivity contribution is 1.01. The van der Waals surface area contributed by atoms with E-state index in [0.29, 0.717) is 0 Å². The van der Waals surface area contributed by atoms with E-state index in [-0.39, 0.29) is 0 Å². The third kappa shape index (κ3) is 0.837. The second-order valence-corrected chi connectivity index (χ2v) is 2.84. The quantitative estimate of drug-likeness (QED) is 0.618. The summed E-state index contributed by atoms with van der Waals surface area (Å²) in [4.78, 5) is 15.7. The predicted octanol–water partition coefficient (Wildman–Crippen LogP) is 0.792. The molecule has 3 heterocycles. The number of rotatable bonds is 0. The lowest BCUT2D eigenvalue weighted by Gasteiger charge is -2.14. The van der Waals surface area contributed by atoms with E-state index in [1.807, 2.05) is 0 Å². The molecule has 0 radical (unpaired) electrons. The first-order valence-corrected chi connectivity index (χ1v) is 4.02. The molecule has 2 N–H and O–H groups in total. The molecular formula is C8H7N5. The van der Waals surface area contributed by atoms with Crippen LogP contribution in [0.4, 0.5) is 5.82 Å². The molecule has 0 fully saturated rings. The molecule has 1 aliphatic rings. The third-order valence-electron chi connectivity index (χ3n) is 2.07. The van der Waals surface area contributed by atoms with Crippen molar-refractivity contribution >= 4 is 5.82 Å². The number of imidazole rings is 1. The minimum atomic E-state index is 0.737. The van der Waals surface area contributed by atoms with Gasteiger partial charge in [0, 0.05) is 12.4 Å². The fourth-order valence-electron chi connectivity index (χ4n) is 1.47. The van der Waals surface area contributed by atoms with E-state index in [1.54, 1.807) is 18.7 Å². The Bertz CT molecular complexity index is 447. The van der Waals surface area contributed by atoms with E-state index in [4.69, 9.17) is 0 Å². The summed E-state index contributed by atoms with van der Waals surface area (Å²) in [5, 5.41) is 3.16. The number of anilines is 1.